The minimum Gasteiger partial charge on any atom is -0.395 e. The molecular formula is C26H25F2N3O3. The zero-order chi connectivity index (χ0) is 23.5. The average molecular weight is 466 g/mol. The number of hydrogen-bond donors (Lipinski definition) is 1. The second-order valence-corrected chi connectivity index (χ2v) is 8.41. The smallest absolute Gasteiger partial charge is 0.395 e. The van der Waals surface area contributed by atoms with Crippen LogP contribution in [0.5, 0.6) is 11.5 Å². The summed E-state index contributed by atoms with van der Waals surface area (Å²) in [5, 5.41) is 2.76. The summed E-state index contributed by atoms with van der Waals surface area (Å²) in [4.78, 5) is 17.1. The van der Waals surface area contributed by atoms with Crippen molar-refractivity contribution in [1.82, 2.24) is 9.80 Å². The highest BCUT2D eigenvalue weighted by Crippen LogP contribution is 2.42. The number of ether oxygens (including phenoxy) is 2. The van der Waals surface area contributed by atoms with E-state index in [0.717, 1.165) is 26.2 Å². The molecule has 1 amide bonds. The van der Waals surface area contributed by atoms with Gasteiger partial charge in [0, 0.05) is 37.9 Å². The number of anilines is 1. The van der Waals surface area contributed by atoms with E-state index in [9.17, 15) is 13.6 Å². The molecule has 1 fully saturated rings. The molecule has 0 unspecified atom stereocenters. The maximum Gasteiger partial charge on any atom is 0.586 e. The topological polar surface area (TPSA) is 54.0 Å². The lowest BCUT2D eigenvalue weighted by molar-refractivity contribution is -0.286. The highest BCUT2D eigenvalue weighted by molar-refractivity contribution is 5.92. The molecular weight excluding hydrogens is 440 g/mol. The van der Waals surface area contributed by atoms with Gasteiger partial charge >= 0.3 is 6.29 Å². The van der Waals surface area contributed by atoms with Crippen LogP contribution in [0.25, 0.3) is 0 Å². The van der Waals surface area contributed by atoms with Gasteiger partial charge in [-0.2, -0.15) is 0 Å². The highest BCUT2D eigenvalue weighted by atomic mass is 19.3. The number of rotatable bonds is 6. The molecule has 6 nitrogen and oxygen atoms in total. The maximum absolute atomic E-state index is 13.2. The standard InChI is InChI=1S/C26H25F2N3O3/c27-26(28)33-22-12-11-21(17-23(22)34-26)29-24(32)18-30-13-15-31(16-14-30)25(19-7-3-1-4-8-19)20-9-5-2-6-10-20/h1-12,17,25H,13-16,18H2,(H,29,32). The number of halogens is 2. The van der Waals surface area contributed by atoms with Gasteiger partial charge in [-0.05, 0) is 23.3 Å². The van der Waals surface area contributed by atoms with E-state index in [4.69, 9.17) is 0 Å². The van der Waals surface area contributed by atoms with Crippen LogP contribution in [0.4, 0.5) is 14.5 Å². The van der Waals surface area contributed by atoms with Crippen LogP contribution in [0.15, 0.2) is 78.9 Å². The normalized spacial score (nSPS) is 17.6. The van der Waals surface area contributed by atoms with Crippen molar-refractivity contribution in [2.45, 2.75) is 12.3 Å². The first-order chi connectivity index (χ1) is 16.5. The quantitative estimate of drug-likeness (QED) is 0.587. The lowest BCUT2D eigenvalue weighted by Gasteiger charge is -2.39. The summed E-state index contributed by atoms with van der Waals surface area (Å²) in [6.45, 7) is 3.36. The molecule has 0 aliphatic carbocycles. The minimum absolute atomic E-state index is 0.0505. The van der Waals surface area contributed by atoms with Crippen molar-refractivity contribution in [3.63, 3.8) is 0 Å². The zero-order valence-electron chi connectivity index (χ0n) is 18.5. The summed E-state index contributed by atoms with van der Waals surface area (Å²) in [5.41, 5.74) is 2.87. The number of nitrogens with one attached hydrogen (secondary N) is 1. The summed E-state index contributed by atoms with van der Waals surface area (Å²) in [6, 6.07) is 25.3. The van der Waals surface area contributed by atoms with Crippen LogP contribution in [-0.2, 0) is 4.79 Å². The monoisotopic (exact) mass is 465 g/mol. The fourth-order valence-corrected chi connectivity index (χ4v) is 4.49. The van der Waals surface area contributed by atoms with E-state index in [1.807, 2.05) is 12.1 Å². The number of nitrogens with zero attached hydrogens (tertiary/aromatic N) is 2. The highest BCUT2D eigenvalue weighted by Gasteiger charge is 2.43. The summed E-state index contributed by atoms with van der Waals surface area (Å²) < 4.78 is 35.2. The van der Waals surface area contributed by atoms with Crippen LogP contribution in [0.2, 0.25) is 0 Å². The van der Waals surface area contributed by atoms with Gasteiger partial charge in [-0.15, -0.1) is 8.78 Å². The molecule has 0 spiro atoms. The van der Waals surface area contributed by atoms with E-state index in [1.54, 1.807) is 0 Å². The zero-order valence-corrected chi connectivity index (χ0v) is 18.5. The van der Waals surface area contributed by atoms with Crippen LogP contribution >= 0.6 is 0 Å². The summed E-state index contributed by atoms with van der Waals surface area (Å²) in [7, 11) is 0. The summed E-state index contributed by atoms with van der Waals surface area (Å²) >= 11 is 0. The van der Waals surface area contributed by atoms with Crippen molar-refractivity contribution < 1.29 is 23.0 Å². The second kappa shape index (κ2) is 9.40. The molecule has 1 N–H and O–H groups in total. The van der Waals surface area contributed by atoms with Gasteiger partial charge in [0.2, 0.25) is 5.91 Å². The predicted octanol–water partition coefficient (Wildman–Crippen LogP) is 4.35. The van der Waals surface area contributed by atoms with E-state index in [0.29, 0.717) is 5.69 Å². The molecule has 3 aromatic carbocycles. The molecule has 5 rings (SSSR count). The number of benzene rings is 3. The molecule has 3 aromatic rings. The molecule has 176 valence electrons. The molecule has 1 saturated heterocycles. The Morgan fingerprint density at radius 2 is 1.44 bits per heavy atom. The van der Waals surface area contributed by atoms with Crippen LogP contribution in [0.1, 0.15) is 17.2 Å². The van der Waals surface area contributed by atoms with Gasteiger partial charge in [0.25, 0.3) is 0 Å². The van der Waals surface area contributed by atoms with Crippen LogP contribution < -0.4 is 14.8 Å². The number of carbonyl (C=O) groups is 1. The van der Waals surface area contributed by atoms with Crippen molar-refractivity contribution in [2.24, 2.45) is 0 Å². The van der Waals surface area contributed by atoms with Gasteiger partial charge in [-0.25, -0.2) is 0 Å². The SMILES string of the molecule is O=C(CN1CCN(C(c2ccccc2)c2ccccc2)CC1)Nc1ccc2c(c1)OC(F)(F)O2. The van der Waals surface area contributed by atoms with Crippen LogP contribution in [0, 0.1) is 0 Å². The molecule has 0 radical (unpaired) electrons. The molecule has 0 bridgehead atoms. The number of fused-ring (bicyclic) bond motifs is 1. The fourth-order valence-electron chi connectivity index (χ4n) is 4.49. The molecule has 0 atom stereocenters. The molecule has 2 aliphatic rings. The third-order valence-electron chi connectivity index (χ3n) is 6.05. The Balaban J connectivity index is 1.19. The van der Waals surface area contributed by atoms with Crippen molar-refractivity contribution in [1.29, 1.82) is 0 Å². The molecule has 34 heavy (non-hydrogen) atoms. The Kier molecular flexibility index (Phi) is 6.17. The lowest BCUT2D eigenvalue weighted by Crippen LogP contribution is -2.49. The Hall–Kier alpha value is -3.49. The van der Waals surface area contributed by atoms with E-state index >= 15 is 0 Å². The van der Waals surface area contributed by atoms with E-state index in [-0.39, 0.29) is 30.0 Å². The van der Waals surface area contributed by atoms with Gasteiger partial charge in [0.15, 0.2) is 11.5 Å². The maximum atomic E-state index is 13.2. The van der Waals surface area contributed by atoms with E-state index < -0.39 is 6.29 Å². The van der Waals surface area contributed by atoms with Gasteiger partial charge in [0.1, 0.15) is 0 Å². The lowest BCUT2D eigenvalue weighted by atomic mass is 9.96. The third kappa shape index (κ3) is 5.03. The van der Waals surface area contributed by atoms with Crippen molar-refractivity contribution in [3.8, 4) is 11.5 Å². The second-order valence-electron chi connectivity index (χ2n) is 8.41. The number of carbonyl (C=O) groups excluding carboxylic acids is 1. The largest absolute Gasteiger partial charge is 0.586 e. The Bertz CT molecular complexity index is 1100. The number of amides is 1. The van der Waals surface area contributed by atoms with Crippen molar-refractivity contribution in [3.05, 3.63) is 90.0 Å². The van der Waals surface area contributed by atoms with E-state index in [1.165, 1.54) is 29.3 Å². The number of hydrogen-bond acceptors (Lipinski definition) is 5. The van der Waals surface area contributed by atoms with Crippen molar-refractivity contribution in [2.75, 3.05) is 38.0 Å². The predicted molar refractivity (Wildman–Crippen MR) is 124 cm³/mol. The minimum atomic E-state index is -3.68. The van der Waals surface area contributed by atoms with Gasteiger partial charge in [0.05, 0.1) is 12.6 Å². The van der Waals surface area contributed by atoms with Gasteiger partial charge in [-0.1, -0.05) is 60.7 Å². The van der Waals surface area contributed by atoms with Crippen molar-refractivity contribution >= 4 is 11.6 Å². The Labute approximate surface area is 196 Å². The summed E-state index contributed by atoms with van der Waals surface area (Å²) in [5.74, 6) is -0.350. The first kappa shape index (κ1) is 22.3. The average Bonchev–Trinajstić information content (AvgIpc) is 3.15. The van der Waals surface area contributed by atoms with E-state index in [2.05, 4.69) is 73.1 Å². The van der Waals surface area contributed by atoms with Crippen LogP contribution in [0.3, 0.4) is 0 Å². The fraction of sp³-hybridized carbons (Fsp3) is 0.269. The first-order valence-electron chi connectivity index (χ1n) is 11.2. The number of piperazine rings is 1. The van der Waals surface area contributed by atoms with Gasteiger partial charge < -0.3 is 14.8 Å². The molecule has 8 heteroatoms. The molecule has 2 heterocycles. The summed E-state index contributed by atoms with van der Waals surface area (Å²) in [6.07, 6.45) is -3.68. The molecule has 2 aliphatic heterocycles. The number of alkyl halides is 2. The molecule has 0 aromatic heterocycles. The Morgan fingerprint density at radius 3 is 2.06 bits per heavy atom. The third-order valence-corrected chi connectivity index (χ3v) is 6.05. The van der Waals surface area contributed by atoms with Crippen LogP contribution in [-0.4, -0.2) is 54.7 Å². The van der Waals surface area contributed by atoms with Gasteiger partial charge in [-0.3, -0.25) is 14.6 Å². The Morgan fingerprint density at radius 1 is 0.853 bits per heavy atom. The first-order valence-corrected chi connectivity index (χ1v) is 11.2. The molecule has 0 saturated carbocycles.